The summed E-state index contributed by atoms with van der Waals surface area (Å²) in [6.45, 7) is 1.94. The lowest BCUT2D eigenvalue weighted by Gasteiger charge is -2.22. The van der Waals surface area contributed by atoms with Crippen LogP contribution in [0.3, 0.4) is 0 Å². The Morgan fingerprint density at radius 1 is 0.850 bits per heavy atom. The molecule has 0 spiro atoms. The van der Waals surface area contributed by atoms with Gasteiger partial charge in [-0.25, -0.2) is 0 Å². The lowest BCUT2D eigenvalue weighted by Crippen LogP contribution is -2.19. The largest absolute Gasteiger partial charge is 0.369 e. The fourth-order valence-electron chi connectivity index (χ4n) is 2.31. The van der Waals surface area contributed by atoms with Gasteiger partial charge in [-0.05, 0) is 22.8 Å². The lowest BCUT2D eigenvalue weighted by atomic mass is 10.0. The van der Waals surface area contributed by atoms with Crippen LogP contribution in [0.1, 0.15) is 11.1 Å². The first-order chi connectivity index (χ1) is 9.42. The topological polar surface area (TPSA) is 3.24 Å². The maximum absolute atomic E-state index is 2.32. The summed E-state index contributed by atoms with van der Waals surface area (Å²) in [5, 5.41) is 0. The Hall–Kier alpha value is -1.99. The fraction of sp³-hybridized carbons (Fsp3) is 0.111. The first kappa shape index (κ1) is 14.4. The highest BCUT2D eigenvalue weighted by Gasteiger charge is 2.06. The van der Waals surface area contributed by atoms with Crippen molar-refractivity contribution >= 4 is 18.0 Å². The minimum Gasteiger partial charge on any atom is -0.369 e. The Labute approximate surface area is 126 Å². The van der Waals surface area contributed by atoms with Crippen molar-refractivity contribution in [2.45, 2.75) is 6.54 Å². The number of hydrogen-bond donors (Lipinski definition) is 0. The predicted molar refractivity (Wildman–Crippen MR) is 87.7 cm³/mol. The molecule has 1 aliphatic heterocycles. The summed E-state index contributed by atoms with van der Waals surface area (Å²) in [7, 11) is 0. The summed E-state index contributed by atoms with van der Waals surface area (Å²) in [6, 6.07) is 21.1. The van der Waals surface area contributed by atoms with Crippen molar-refractivity contribution in [3.63, 3.8) is 0 Å². The number of nitrogens with zero attached hydrogens (tertiary/aromatic N) is 1. The summed E-state index contributed by atoms with van der Waals surface area (Å²) in [5.41, 5.74) is 3.95. The maximum atomic E-state index is 2.32. The van der Waals surface area contributed by atoms with E-state index in [1.165, 1.54) is 16.7 Å². The third kappa shape index (κ3) is 3.52. The zero-order valence-corrected chi connectivity index (χ0v) is 12.1. The third-order valence-electron chi connectivity index (χ3n) is 3.35. The monoisotopic (exact) mass is 283 g/mol. The molecule has 0 fully saturated rings. The first-order valence-corrected chi connectivity index (χ1v) is 6.63. The van der Waals surface area contributed by atoms with E-state index in [9.17, 15) is 0 Å². The van der Waals surface area contributed by atoms with Gasteiger partial charge in [-0.1, -0.05) is 66.7 Å². The average molecular weight is 284 g/mol. The van der Waals surface area contributed by atoms with Crippen molar-refractivity contribution in [3.8, 4) is 0 Å². The highest BCUT2D eigenvalue weighted by atomic mass is 35.5. The van der Waals surface area contributed by atoms with Crippen molar-refractivity contribution < 1.29 is 0 Å². The van der Waals surface area contributed by atoms with Gasteiger partial charge in [0.1, 0.15) is 0 Å². The van der Waals surface area contributed by atoms with Crippen molar-refractivity contribution in [1.29, 1.82) is 0 Å². The van der Waals surface area contributed by atoms with E-state index in [4.69, 9.17) is 0 Å². The number of benzene rings is 2. The van der Waals surface area contributed by atoms with Crippen LogP contribution in [-0.4, -0.2) is 11.4 Å². The van der Waals surface area contributed by atoms with E-state index in [1.807, 2.05) is 0 Å². The number of halogens is 1. The molecule has 0 aliphatic carbocycles. The van der Waals surface area contributed by atoms with Gasteiger partial charge in [0.05, 0.1) is 0 Å². The van der Waals surface area contributed by atoms with Gasteiger partial charge in [-0.3, -0.25) is 0 Å². The highest BCUT2D eigenvalue weighted by molar-refractivity contribution is 5.85. The second-order valence-electron chi connectivity index (χ2n) is 4.76. The zero-order chi connectivity index (χ0) is 12.9. The Kier molecular flexibility index (Phi) is 5.03. The van der Waals surface area contributed by atoms with Gasteiger partial charge in [0.15, 0.2) is 0 Å². The SMILES string of the molecule is C1=CN(Cc2ccccc2)CC=C1c1ccccc1.Cl. The van der Waals surface area contributed by atoms with Gasteiger partial charge < -0.3 is 4.90 Å². The minimum atomic E-state index is 0. The summed E-state index contributed by atoms with van der Waals surface area (Å²) in [5.74, 6) is 0. The molecule has 2 aromatic rings. The Morgan fingerprint density at radius 3 is 2.10 bits per heavy atom. The van der Waals surface area contributed by atoms with Gasteiger partial charge >= 0.3 is 0 Å². The van der Waals surface area contributed by atoms with Crippen LogP contribution in [-0.2, 0) is 6.54 Å². The Bertz CT molecular complexity index is 587. The van der Waals surface area contributed by atoms with Gasteiger partial charge in [0.25, 0.3) is 0 Å². The summed E-state index contributed by atoms with van der Waals surface area (Å²) in [6.07, 6.45) is 6.68. The molecule has 2 aromatic carbocycles. The molecule has 1 heterocycles. The van der Waals surface area contributed by atoms with Crippen LogP contribution in [0.15, 0.2) is 79.0 Å². The van der Waals surface area contributed by atoms with Gasteiger partial charge in [0, 0.05) is 19.3 Å². The second-order valence-corrected chi connectivity index (χ2v) is 4.76. The van der Waals surface area contributed by atoms with Crippen molar-refractivity contribution in [2.75, 3.05) is 6.54 Å². The molecule has 0 aromatic heterocycles. The molecule has 0 bridgehead atoms. The molecule has 0 atom stereocenters. The van der Waals surface area contributed by atoms with Crippen molar-refractivity contribution in [1.82, 2.24) is 4.90 Å². The molecular formula is C18H18ClN. The number of hydrogen-bond acceptors (Lipinski definition) is 1. The van der Waals surface area contributed by atoms with Crippen LogP contribution in [0.5, 0.6) is 0 Å². The van der Waals surface area contributed by atoms with Crippen LogP contribution in [0.25, 0.3) is 5.57 Å². The molecule has 0 amide bonds. The molecule has 1 nitrogen and oxygen atoms in total. The summed E-state index contributed by atoms with van der Waals surface area (Å²) >= 11 is 0. The quantitative estimate of drug-likeness (QED) is 0.800. The normalized spacial score (nSPS) is 13.6. The highest BCUT2D eigenvalue weighted by Crippen LogP contribution is 2.20. The third-order valence-corrected chi connectivity index (χ3v) is 3.35. The van der Waals surface area contributed by atoms with Gasteiger partial charge in [-0.15, -0.1) is 12.4 Å². The van der Waals surface area contributed by atoms with Crippen LogP contribution in [0, 0.1) is 0 Å². The van der Waals surface area contributed by atoms with E-state index < -0.39 is 0 Å². The maximum Gasteiger partial charge on any atom is 0.0427 e. The molecule has 0 N–H and O–H groups in total. The van der Waals surface area contributed by atoms with Crippen molar-refractivity contribution in [3.05, 3.63) is 90.1 Å². The van der Waals surface area contributed by atoms with Crippen LogP contribution in [0.4, 0.5) is 0 Å². The number of allylic oxidation sites excluding steroid dienone is 2. The lowest BCUT2D eigenvalue weighted by molar-refractivity contribution is 0.406. The second kappa shape index (κ2) is 6.97. The van der Waals surface area contributed by atoms with E-state index >= 15 is 0 Å². The minimum absolute atomic E-state index is 0. The van der Waals surface area contributed by atoms with E-state index in [-0.39, 0.29) is 12.4 Å². The zero-order valence-electron chi connectivity index (χ0n) is 11.3. The van der Waals surface area contributed by atoms with E-state index in [2.05, 4.69) is 83.9 Å². The van der Waals surface area contributed by atoms with E-state index in [0.29, 0.717) is 0 Å². The van der Waals surface area contributed by atoms with E-state index in [0.717, 1.165) is 13.1 Å². The molecule has 20 heavy (non-hydrogen) atoms. The molecular weight excluding hydrogens is 266 g/mol. The smallest absolute Gasteiger partial charge is 0.0427 e. The van der Waals surface area contributed by atoms with Gasteiger partial charge in [-0.2, -0.15) is 0 Å². The summed E-state index contributed by atoms with van der Waals surface area (Å²) in [4.78, 5) is 2.32. The molecule has 1 aliphatic rings. The molecule has 3 rings (SSSR count). The molecule has 2 heteroatoms. The standard InChI is InChI=1S/C18H17N.ClH/c1-3-7-16(8-4-1)15-19-13-11-18(12-14-19)17-9-5-2-6-10-17;/h1-13H,14-15H2;1H. The molecule has 0 saturated heterocycles. The molecule has 0 saturated carbocycles. The molecule has 0 unspecified atom stereocenters. The average Bonchev–Trinajstić information content (AvgIpc) is 2.50. The predicted octanol–water partition coefficient (Wildman–Crippen LogP) is 4.52. The van der Waals surface area contributed by atoms with Gasteiger partial charge in [0.2, 0.25) is 0 Å². The Morgan fingerprint density at radius 2 is 1.50 bits per heavy atom. The van der Waals surface area contributed by atoms with Crippen molar-refractivity contribution in [2.24, 2.45) is 0 Å². The summed E-state index contributed by atoms with van der Waals surface area (Å²) < 4.78 is 0. The molecule has 102 valence electrons. The number of rotatable bonds is 3. The van der Waals surface area contributed by atoms with Crippen LogP contribution in [0.2, 0.25) is 0 Å². The fourth-order valence-corrected chi connectivity index (χ4v) is 2.31. The van der Waals surface area contributed by atoms with Crippen LogP contribution < -0.4 is 0 Å². The first-order valence-electron chi connectivity index (χ1n) is 6.63. The Balaban J connectivity index is 0.00000147. The van der Waals surface area contributed by atoms with E-state index in [1.54, 1.807) is 0 Å². The molecule has 0 radical (unpaired) electrons. The van der Waals surface area contributed by atoms with Crippen LogP contribution >= 0.6 is 12.4 Å².